The number of carbonyl (C=O) groups is 2. The van der Waals surface area contributed by atoms with Crippen molar-refractivity contribution in [3.05, 3.63) is 56.7 Å². The van der Waals surface area contributed by atoms with Gasteiger partial charge < -0.3 is 4.74 Å². The van der Waals surface area contributed by atoms with Gasteiger partial charge in [0.2, 0.25) is 0 Å². The molecule has 2 aromatic rings. The Bertz CT molecular complexity index is 1030. The molecule has 1 aromatic heterocycles. The summed E-state index contributed by atoms with van der Waals surface area (Å²) in [6, 6.07) is 7.23. The smallest absolute Gasteiger partial charge is 0.296 e. The number of hydrogen-bond donors (Lipinski definition) is 0. The Morgan fingerprint density at radius 1 is 1.21 bits per heavy atom. The van der Waals surface area contributed by atoms with E-state index in [1.807, 2.05) is 36.6 Å². The number of benzene rings is 1. The second kappa shape index (κ2) is 7.32. The lowest BCUT2D eigenvalue weighted by Gasteiger charge is -2.37. The summed E-state index contributed by atoms with van der Waals surface area (Å²) in [5.74, 6) is -0.229. The van der Waals surface area contributed by atoms with E-state index in [-0.39, 0.29) is 29.5 Å². The number of hydrogen-bond acceptors (Lipinski definition) is 5. The lowest BCUT2D eigenvalue weighted by atomic mass is 9.77. The summed E-state index contributed by atoms with van der Waals surface area (Å²) in [5, 5.41) is 2.50. The van der Waals surface area contributed by atoms with Crippen LogP contribution >= 0.6 is 43.2 Å². The number of ether oxygens (including phenoxy) is 1. The molecule has 5 nitrogen and oxygen atoms in total. The summed E-state index contributed by atoms with van der Waals surface area (Å²) in [6.07, 6.45) is 2.23. The Morgan fingerprint density at radius 2 is 1.97 bits per heavy atom. The largest absolute Gasteiger partial charge is 0.483 e. The van der Waals surface area contributed by atoms with Crippen molar-refractivity contribution in [2.45, 2.75) is 43.2 Å². The topological polar surface area (TPSA) is 59.5 Å². The third kappa shape index (κ3) is 3.20. The van der Waals surface area contributed by atoms with Gasteiger partial charge in [-0.3, -0.25) is 14.5 Å². The Hall–Kier alpha value is -1.51. The van der Waals surface area contributed by atoms with Crippen LogP contribution in [0.25, 0.3) is 0 Å². The number of rotatable bonds is 2. The molecule has 1 amide bonds. The Morgan fingerprint density at radius 3 is 2.66 bits per heavy atom. The molecule has 4 atom stereocenters. The molecular formula is C21H18Br2N2O3S. The zero-order chi connectivity index (χ0) is 20.3. The fourth-order valence-corrected chi connectivity index (χ4v) is 6.18. The van der Waals surface area contributed by atoms with E-state index in [0.717, 1.165) is 35.0 Å². The molecule has 5 rings (SSSR count). The predicted octanol–water partition coefficient (Wildman–Crippen LogP) is 5.09. The SMILES string of the molecule is Cc1csc(N2C(=O)C3=C(C(=O)C4CC(Br)CCC4O3)C2c2ccc(Br)cc2)n1. The van der Waals surface area contributed by atoms with Crippen LogP contribution < -0.4 is 4.90 Å². The van der Waals surface area contributed by atoms with Crippen molar-refractivity contribution in [1.82, 2.24) is 4.98 Å². The van der Waals surface area contributed by atoms with Crippen LogP contribution in [0.15, 0.2) is 45.5 Å². The maximum atomic E-state index is 13.6. The fraction of sp³-hybridized carbons (Fsp3) is 0.381. The molecule has 2 aliphatic heterocycles. The number of Topliss-reactive ketones (excluding diaryl/α,β-unsaturated/α-hetero) is 1. The molecule has 0 radical (unpaired) electrons. The number of nitrogens with zero attached hydrogens (tertiary/aromatic N) is 2. The minimum absolute atomic E-state index is 0.0393. The average molecular weight is 538 g/mol. The van der Waals surface area contributed by atoms with Crippen LogP contribution in [-0.4, -0.2) is 27.6 Å². The predicted molar refractivity (Wildman–Crippen MR) is 118 cm³/mol. The van der Waals surface area contributed by atoms with E-state index in [9.17, 15) is 9.59 Å². The van der Waals surface area contributed by atoms with Crippen molar-refractivity contribution in [2.24, 2.45) is 5.92 Å². The third-order valence-electron chi connectivity index (χ3n) is 5.78. The zero-order valence-electron chi connectivity index (χ0n) is 15.6. The standard InChI is InChI=1S/C21H18Br2N2O3S/c1-10-9-29-21(24-10)25-17(11-2-4-12(22)5-3-11)16-18(26)14-8-13(23)6-7-15(14)28-19(16)20(25)27/h2-5,9,13-15,17H,6-8H2,1H3. The molecule has 1 aromatic carbocycles. The molecule has 0 bridgehead atoms. The van der Waals surface area contributed by atoms with E-state index in [1.165, 1.54) is 11.3 Å². The van der Waals surface area contributed by atoms with Crippen molar-refractivity contribution < 1.29 is 14.3 Å². The first kappa shape index (κ1) is 19.5. The van der Waals surface area contributed by atoms with E-state index in [0.29, 0.717) is 15.5 Å². The van der Waals surface area contributed by atoms with Gasteiger partial charge in [0, 0.05) is 14.7 Å². The summed E-state index contributed by atoms with van der Waals surface area (Å²) >= 11 is 8.54. The molecule has 150 valence electrons. The highest BCUT2D eigenvalue weighted by Crippen LogP contribution is 2.49. The summed E-state index contributed by atoms with van der Waals surface area (Å²) in [5.41, 5.74) is 2.20. The van der Waals surface area contributed by atoms with E-state index >= 15 is 0 Å². The van der Waals surface area contributed by atoms with Crippen molar-refractivity contribution in [3.8, 4) is 0 Å². The second-order valence-electron chi connectivity index (χ2n) is 7.68. The van der Waals surface area contributed by atoms with Crippen LogP contribution in [0.2, 0.25) is 0 Å². The van der Waals surface area contributed by atoms with Gasteiger partial charge in [0.1, 0.15) is 6.10 Å². The van der Waals surface area contributed by atoms with Crippen LogP contribution in [0.1, 0.15) is 36.6 Å². The number of ketones is 1. The molecule has 4 unspecified atom stereocenters. The molecule has 1 aliphatic carbocycles. The van der Waals surface area contributed by atoms with Crippen molar-refractivity contribution in [1.29, 1.82) is 0 Å². The number of anilines is 1. The number of alkyl halides is 1. The molecule has 0 saturated heterocycles. The van der Waals surface area contributed by atoms with Crippen LogP contribution in [0.5, 0.6) is 0 Å². The van der Waals surface area contributed by atoms with Gasteiger partial charge in [0.15, 0.2) is 16.7 Å². The van der Waals surface area contributed by atoms with Crippen LogP contribution in [0.4, 0.5) is 5.13 Å². The number of thiazole rings is 1. The first-order chi connectivity index (χ1) is 13.9. The van der Waals surface area contributed by atoms with Gasteiger partial charge in [0.25, 0.3) is 5.91 Å². The normalized spacial score (nSPS) is 29.0. The lowest BCUT2D eigenvalue weighted by Crippen LogP contribution is -2.41. The number of aryl methyl sites for hydroxylation is 1. The number of aromatic nitrogens is 1. The van der Waals surface area contributed by atoms with Crippen molar-refractivity contribution in [3.63, 3.8) is 0 Å². The Balaban J connectivity index is 1.64. The highest BCUT2D eigenvalue weighted by Gasteiger charge is 2.53. The molecule has 8 heteroatoms. The fourth-order valence-electron chi connectivity index (χ4n) is 4.43. The van der Waals surface area contributed by atoms with Gasteiger partial charge in [-0.25, -0.2) is 4.98 Å². The Kier molecular flexibility index (Phi) is 4.91. The molecule has 29 heavy (non-hydrogen) atoms. The molecule has 1 fully saturated rings. The van der Waals surface area contributed by atoms with Gasteiger partial charge in [-0.15, -0.1) is 11.3 Å². The number of amides is 1. The lowest BCUT2D eigenvalue weighted by molar-refractivity contribution is -0.131. The van der Waals surface area contributed by atoms with Crippen LogP contribution in [0, 0.1) is 12.8 Å². The summed E-state index contributed by atoms with van der Waals surface area (Å²) in [4.78, 5) is 33.5. The molecule has 0 spiro atoms. The first-order valence-corrected chi connectivity index (χ1v) is 12.1. The molecular weight excluding hydrogens is 520 g/mol. The van der Waals surface area contributed by atoms with E-state index < -0.39 is 6.04 Å². The third-order valence-corrected chi connectivity index (χ3v) is 8.10. The second-order valence-corrected chi connectivity index (χ2v) is 10.7. The Labute approximate surface area is 189 Å². The van der Waals surface area contributed by atoms with Gasteiger partial charge in [-0.05, 0) is 43.9 Å². The van der Waals surface area contributed by atoms with Gasteiger partial charge in [0.05, 0.1) is 23.2 Å². The number of fused-ring (bicyclic) bond motifs is 1. The molecule has 3 heterocycles. The summed E-state index contributed by atoms with van der Waals surface area (Å²) in [7, 11) is 0. The van der Waals surface area contributed by atoms with E-state index in [1.54, 1.807) is 4.90 Å². The van der Waals surface area contributed by atoms with Gasteiger partial charge in [-0.1, -0.05) is 44.0 Å². The molecule has 3 aliphatic rings. The van der Waals surface area contributed by atoms with Crippen molar-refractivity contribution >= 4 is 60.0 Å². The maximum absolute atomic E-state index is 13.6. The monoisotopic (exact) mass is 536 g/mol. The van der Waals surface area contributed by atoms with Crippen LogP contribution in [0.3, 0.4) is 0 Å². The minimum Gasteiger partial charge on any atom is -0.483 e. The number of carbonyl (C=O) groups excluding carboxylic acids is 2. The number of halogens is 2. The highest BCUT2D eigenvalue weighted by atomic mass is 79.9. The summed E-state index contributed by atoms with van der Waals surface area (Å²) in [6.45, 7) is 1.90. The van der Waals surface area contributed by atoms with E-state index in [2.05, 4.69) is 36.8 Å². The van der Waals surface area contributed by atoms with Crippen LogP contribution in [-0.2, 0) is 14.3 Å². The maximum Gasteiger partial charge on any atom is 0.296 e. The van der Waals surface area contributed by atoms with Gasteiger partial charge in [-0.2, -0.15) is 0 Å². The first-order valence-electron chi connectivity index (χ1n) is 9.54. The van der Waals surface area contributed by atoms with Gasteiger partial charge >= 0.3 is 0 Å². The quantitative estimate of drug-likeness (QED) is 0.501. The summed E-state index contributed by atoms with van der Waals surface area (Å²) < 4.78 is 7.14. The van der Waals surface area contributed by atoms with E-state index in [4.69, 9.17) is 4.74 Å². The highest BCUT2D eigenvalue weighted by molar-refractivity contribution is 9.10. The van der Waals surface area contributed by atoms with Crippen molar-refractivity contribution in [2.75, 3.05) is 4.90 Å². The zero-order valence-corrected chi connectivity index (χ0v) is 19.6. The molecule has 1 saturated carbocycles. The molecule has 0 N–H and O–H groups in total. The average Bonchev–Trinajstić information content (AvgIpc) is 3.25. The minimum atomic E-state index is -0.514.